The van der Waals surface area contributed by atoms with Gasteiger partial charge in [-0.05, 0) is 29.3 Å². The monoisotopic (exact) mass is 412 g/mol. The van der Waals surface area contributed by atoms with Crippen LogP contribution in [0, 0.1) is 0 Å². The van der Waals surface area contributed by atoms with Crippen LogP contribution < -0.4 is 20.5 Å². The van der Waals surface area contributed by atoms with Crippen LogP contribution in [-0.4, -0.2) is 38.9 Å². The van der Waals surface area contributed by atoms with Crippen molar-refractivity contribution < 1.29 is 19.0 Å². The van der Waals surface area contributed by atoms with Crippen molar-refractivity contribution >= 4 is 29.9 Å². The lowest BCUT2D eigenvalue weighted by molar-refractivity contribution is -0.123. The molecule has 3 N–H and O–H groups in total. The van der Waals surface area contributed by atoms with Gasteiger partial charge in [-0.3, -0.25) is 4.79 Å². The fraction of sp³-hybridized carbons (Fsp3) is 0.316. The highest BCUT2D eigenvalue weighted by Gasteiger charge is 2.24. The highest BCUT2D eigenvalue weighted by Crippen LogP contribution is 2.36. The van der Waals surface area contributed by atoms with Crippen LogP contribution in [0.25, 0.3) is 0 Å². The maximum atomic E-state index is 12.5. The summed E-state index contributed by atoms with van der Waals surface area (Å²) in [5, 5.41) is 3.51. The molecule has 6 nitrogen and oxygen atoms in total. The predicted molar refractivity (Wildman–Crippen MR) is 106 cm³/mol. The van der Waals surface area contributed by atoms with Crippen molar-refractivity contribution in [3.05, 3.63) is 58.6 Å². The average molecular weight is 413 g/mol. The molecule has 0 spiro atoms. The molecule has 27 heavy (non-hydrogen) atoms. The zero-order chi connectivity index (χ0) is 18.5. The molecule has 1 amide bonds. The molecule has 3 rings (SSSR count). The van der Waals surface area contributed by atoms with E-state index in [0.29, 0.717) is 29.7 Å². The molecular formula is C19H22Cl2N2O4. The third-order valence-corrected chi connectivity index (χ3v) is 4.43. The summed E-state index contributed by atoms with van der Waals surface area (Å²) in [5.41, 5.74) is 7.45. The fourth-order valence-corrected chi connectivity index (χ4v) is 3.04. The van der Waals surface area contributed by atoms with Crippen molar-refractivity contribution in [2.24, 2.45) is 5.73 Å². The molecule has 1 aliphatic rings. The number of benzene rings is 2. The lowest BCUT2D eigenvalue weighted by Crippen LogP contribution is -2.45. The second kappa shape index (κ2) is 9.80. The number of methoxy groups -OCH3 is 1. The second-order valence-electron chi connectivity index (χ2n) is 5.93. The van der Waals surface area contributed by atoms with Crippen molar-refractivity contribution in [3.8, 4) is 11.5 Å². The molecule has 8 heteroatoms. The van der Waals surface area contributed by atoms with Gasteiger partial charge >= 0.3 is 0 Å². The number of carbonyl (C=O) groups excluding carboxylic acids is 1. The lowest BCUT2D eigenvalue weighted by atomic mass is 9.97. The molecule has 2 unspecified atom stereocenters. The van der Waals surface area contributed by atoms with E-state index in [-0.39, 0.29) is 24.9 Å². The fourth-order valence-electron chi connectivity index (χ4n) is 2.79. The van der Waals surface area contributed by atoms with Gasteiger partial charge in [-0.25, -0.2) is 0 Å². The summed E-state index contributed by atoms with van der Waals surface area (Å²) in [6, 6.07) is 11.7. The summed E-state index contributed by atoms with van der Waals surface area (Å²) < 4.78 is 16.2. The number of halogens is 2. The van der Waals surface area contributed by atoms with Crippen molar-refractivity contribution in [2.75, 3.05) is 26.9 Å². The standard InChI is InChI=1S/C19H21ClN2O4.ClH/c1-24-11-15(21)19(23)22-18(13-4-2-3-5-14(13)20)12-6-7-16-17(10-12)26-9-8-25-16;/h2-7,10,15,18H,8-9,11,21H2,1H3,(H,22,23);1H. The highest BCUT2D eigenvalue weighted by atomic mass is 35.5. The Labute approximate surface area is 169 Å². The number of hydrogen-bond acceptors (Lipinski definition) is 5. The van der Waals surface area contributed by atoms with E-state index in [4.69, 9.17) is 31.5 Å². The summed E-state index contributed by atoms with van der Waals surface area (Å²) >= 11 is 6.37. The third kappa shape index (κ3) is 5.05. The van der Waals surface area contributed by atoms with Crippen molar-refractivity contribution in [2.45, 2.75) is 12.1 Å². The first-order valence-corrected chi connectivity index (χ1v) is 8.67. The van der Waals surface area contributed by atoms with Gasteiger partial charge < -0.3 is 25.3 Å². The Bertz CT molecular complexity index is 788. The van der Waals surface area contributed by atoms with Crippen molar-refractivity contribution in [1.82, 2.24) is 5.32 Å². The molecule has 2 atom stereocenters. The number of nitrogens with two attached hydrogens (primary N) is 1. The molecule has 146 valence electrons. The van der Waals surface area contributed by atoms with E-state index >= 15 is 0 Å². The third-order valence-electron chi connectivity index (χ3n) is 4.09. The largest absolute Gasteiger partial charge is 0.486 e. The summed E-state index contributed by atoms with van der Waals surface area (Å²) in [6.07, 6.45) is 0. The summed E-state index contributed by atoms with van der Waals surface area (Å²) in [7, 11) is 1.50. The number of ether oxygens (including phenoxy) is 3. The molecule has 0 saturated heterocycles. The first kappa shape index (κ1) is 21.3. The highest BCUT2D eigenvalue weighted by molar-refractivity contribution is 6.31. The maximum Gasteiger partial charge on any atom is 0.240 e. The Balaban J connectivity index is 0.00000261. The molecule has 0 aromatic heterocycles. The minimum Gasteiger partial charge on any atom is -0.486 e. The van der Waals surface area contributed by atoms with Gasteiger partial charge in [0.2, 0.25) is 5.91 Å². The predicted octanol–water partition coefficient (Wildman–Crippen LogP) is 2.71. The van der Waals surface area contributed by atoms with E-state index in [2.05, 4.69) is 5.32 Å². The Morgan fingerprint density at radius 2 is 1.93 bits per heavy atom. The molecular weight excluding hydrogens is 391 g/mol. The Morgan fingerprint density at radius 1 is 1.22 bits per heavy atom. The Hall–Kier alpha value is -1.99. The van der Waals surface area contributed by atoms with Gasteiger partial charge in [0.15, 0.2) is 11.5 Å². The van der Waals surface area contributed by atoms with E-state index in [0.717, 1.165) is 11.1 Å². The smallest absolute Gasteiger partial charge is 0.240 e. The first-order valence-electron chi connectivity index (χ1n) is 8.29. The molecule has 0 saturated carbocycles. The van der Waals surface area contributed by atoms with Gasteiger partial charge in [0.05, 0.1) is 12.6 Å². The quantitative estimate of drug-likeness (QED) is 0.761. The Morgan fingerprint density at radius 3 is 2.63 bits per heavy atom. The van der Waals surface area contributed by atoms with Gasteiger partial charge in [0, 0.05) is 12.1 Å². The Kier molecular flexibility index (Phi) is 7.74. The van der Waals surface area contributed by atoms with E-state index in [1.165, 1.54) is 7.11 Å². The summed E-state index contributed by atoms with van der Waals surface area (Å²) in [4.78, 5) is 12.5. The normalized spacial score (nSPS) is 14.6. The first-order chi connectivity index (χ1) is 12.6. The van der Waals surface area contributed by atoms with Crippen LogP contribution in [0.2, 0.25) is 5.02 Å². The van der Waals surface area contributed by atoms with E-state index < -0.39 is 12.1 Å². The molecule has 2 aromatic rings. The maximum absolute atomic E-state index is 12.5. The van der Waals surface area contributed by atoms with Gasteiger partial charge in [-0.1, -0.05) is 35.9 Å². The van der Waals surface area contributed by atoms with Crippen LogP contribution in [0.5, 0.6) is 11.5 Å². The van der Waals surface area contributed by atoms with E-state index in [1.807, 2.05) is 36.4 Å². The number of amides is 1. The second-order valence-corrected chi connectivity index (χ2v) is 6.34. The minimum absolute atomic E-state index is 0. The topological polar surface area (TPSA) is 82.8 Å². The zero-order valence-corrected chi connectivity index (χ0v) is 16.4. The number of fused-ring (bicyclic) bond motifs is 1. The van der Waals surface area contributed by atoms with Gasteiger partial charge in [0.25, 0.3) is 0 Å². The van der Waals surface area contributed by atoms with Crippen molar-refractivity contribution in [1.29, 1.82) is 0 Å². The van der Waals surface area contributed by atoms with Crippen LogP contribution in [0.1, 0.15) is 17.2 Å². The van der Waals surface area contributed by atoms with E-state index in [1.54, 1.807) is 6.07 Å². The van der Waals surface area contributed by atoms with Gasteiger partial charge in [0.1, 0.15) is 19.3 Å². The van der Waals surface area contributed by atoms with E-state index in [9.17, 15) is 4.79 Å². The van der Waals surface area contributed by atoms with Crippen LogP contribution in [-0.2, 0) is 9.53 Å². The molecule has 0 radical (unpaired) electrons. The summed E-state index contributed by atoms with van der Waals surface area (Å²) in [5.74, 6) is 0.994. The molecule has 1 aliphatic heterocycles. The molecule has 2 aromatic carbocycles. The molecule has 0 fully saturated rings. The number of rotatable bonds is 6. The summed E-state index contributed by atoms with van der Waals surface area (Å²) in [6.45, 7) is 1.13. The van der Waals surface area contributed by atoms with Gasteiger partial charge in [-0.2, -0.15) is 0 Å². The van der Waals surface area contributed by atoms with Crippen LogP contribution in [0.3, 0.4) is 0 Å². The van der Waals surface area contributed by atoms with Crippen LogP contribution >= 0.6 is 24.0 Å². The van der Waals surface area contributed by atoms with Crippen LogP contribution in [0.4, 0.5) is 0 Å². The lowest BCUT2D eigenvalue weighted by Gasteiger charge is -2.25. The average Bonchev–Trinajstić information content (AvgIpc) is 2.66. The number of hydrogen-bond donors (Lipinski definition) is 2. The number of carbonyl (C=O) groups is 1. The molecule has 0 aliphatic carbocycles. The number of nitrogens with one attached hydrogen (secondary N) is 1. The molecule has 0 bridgehead atoms. The SMILES string of the molecule is COCC(N)C(=O)NC(c1ccc2c(c1)OCCO2)c1ccccc1Cl.Cl. The minimum atomic E-state index is -0.776. The van der Waals surface area contributed by atoms with Crippen LogP contribution in [0.15, 0.2) is 42.5 Å². The van der Waals surface area contributed by atoms with Gasteiger partial charge in [-0.15, -0.1) is 12.4 Å². The molecule has 1 heterocycles. The zero-order valence-electron chi connectivity index (χ0n) is 14.8. The van der Waals surface area contributed by atoms with Crippen molar-refractivity contribution in [3.63, 3.8) is 0 Å².